The van der Waals surface area contributed by atoms with Crippen molar-refractivity contribution in [3.05, 3.63) is 57.5 Å². The van der Waals surface area contributed by atoms with Gasteiger partial charge >= 0.3 is 0 Å². The summed E-state index contributed by atoms with van der Waals surface area (Å²) in [5.41, 5.74) is 1.15. The van der Waals surface area contributed by atoms with Crippen LogP contribution >= 0.6 is 27.5 Å². The summed E-state index contributed by atoms with van der Waals surface area (Å²) in [6.45, 7) is 1.05. The van der Waals surface area contributed by atoms with Gasteiger partial charge in [0.15, 0.2) is 0 Å². The van der Waals surface area contributed by atoms with Gasteiger partial charge < -0.3 is 9.64 Å². The fraction of sp³-hybridized carbons (Fsp3) is 0.222. The lowest BCUT2D eigenvalue weighted by Crippen LogP contribution is -2.30. The lowest BCUT2D eigenvalue weighted by atomic mass is 10.1. The van der Waals surface area contributed by atoms with Gasteiger partial charge in [-0.3, -0.25) is 9.59 Å². The molecule has 0 aromatic heterocycles. The molecule has 1 heterocycles. The van der Waals surface area contributed by atoms with Gasteiger partial charge in [-0.05, 0) is 55.3 Å². The van der Waals surface area contributed by atoms with Crippen LogP contribution in [0.4, 0.5) is 5.69 Å². The van der Waals surface area contributed by atoms with Crippen molar-refractivity contribution in [1.82, 2.24) is 0 Å². The van der Waals surface area contributed by atoms with E-state index in [0.29, 0.717) is 29.4 Å². The second-order valence-electron chi connectivity index (χ2n) is 5.46. The molecule has 2 aromatic rings. The van der Waals surface area contributed by atoms with Crippen molar-refractivity contribution in [3.8, 4) is 5.75 Å². The number of halogens is 2. The molecule has 0 unspecified atom stereocenters. The van der Waals surface area contributed by atoms with E-state index in [1.165, 1.54) is 0 Å². The first-order valence-corrected chi connectivity index (χ1v) is 8.77. The van der Waals surface area contributed by atoms with Gasteiger partial charge in [-0.2, -0.15) is 0 Å². The Morgan fingerprint density at radius 1 is 1.04 bits per heavy atom. The van der Waals surface area contributed by atoms with Gasteiger partial charge in [-0.25, -0.2) is 0 Å². The zero-order chi connectivity index (χ0) is 17.1. The van der Waals surface area contributed by atoms with E-state index in [4.69, 9.17) is 16.3 Å². The number of ether oxygens (including phenoxy) is 1. The van der Waals surface area contributed by atoms with Crippen molar-refractivity contribution in [1.29, 1.82) is 0 Å². The number of carbonyl (C=O) groups is 2. The molecule has 0 N–H and O–H groups in total. The summed E-state index contributed by atoms with van der Waals surface area (Å²) >= 11 is 9.15. The van der Waals surface area contributed by atoms with E-state index in [1.54, 1.807) is 29.2 Å². The lowest BCUT2D eigenvalue weighted by molar-refractivity contribution is -0.114. The Kier molecular flexibility index (Phi) is 5.21. The van der Waals surface area contributed by atoms with Gasteiger partial charge in [0.05, 0.1) is 17.9 Å². The normalized spacial score (nSPS) is 13.3. The number of hydrogen-bond acceptors (Lipinski definition) is 3. The Hall–Kier alpha value is -1.85. The smallest absolute Gasteiger partial charge is 0.299 e. The summed E-state index contributed by atoms with van der Waals surface area (Å²) in [4.78, 5) is 25.7. The summed E-state index contributed by atoms with van der Waals surface area (Å²) in [5, 5.41) is 0.671. The van der Waals surface area contributed by atoms with Gasteiger partial charge in [-0.1, -0.05) is 27.5 Å². The third kappa shape index (κ3) is 3.62. The van der Waals surface area contributed by atoms with Crippen LogP contribution in [0.25, 0.3) is 0 Å². The van der Waals surface area contributed by atoms with Gasteiger partial charge in [0.25, 0.3) is 11.7 Å². The summed E-state index contributed by atoms with van der Waals surface area (Å²) < 4.78 is 6.42. The SMILES string of the molecule is O=C1C(=O)N(CCCCOc2ccc(Cl)cc2)c2ccc(Br)cc21. The summed E-state index contributed by atoms with van der Waals surface area (Å²) in [7, 11) is 0. The van der Waals surface area contributed by atoms with E-state index in [9.17, 15) is 9.59 Å². The van der Waals surface area contributed by atoms with Crippen molar-refractivity contribution in [2.24, 2.45) is 0 Å². The van der Waals surface area contributed by atoms with E-state index >= 15 is 0 Å². The largest absolute Gasteiger partial charge is 0.494 e. The van der Waals surface area contributed by atoms with Crippen LogP contribution in [-0.2, 0) is 4.79 Å². The Morgan fingerprint density at radius 3 is 2.54 bits per heavy atom. The van der Waals surface area contributed by atoms with Crippen LogP contribution in [-0.4, -0.2) is 24.8 Å². The van der Waals surface area contributed by atoms with Crippen molar-refractivity contribution >= 4 is 44.9 Å². The Labute approximate surface area is 153 Å². The molecule has 0 atom stereocenters. The first kappa shape index (κ1) is 17.0. The molecule has 1 amide bonds. The number of Topliss-reactive ketones (excluding diaryl/α,β-unsaturated/α-hetero) is 1. The number of unbranched alkanes of at least 4 members (excludes halogenated alkanes) is 1. The van der Waals surface area contributed by atoms with Crippen LogP contribution in [0, 0.1) is 0 Å². The zero-order valence-electron chi connectivity index (χ0n) is 12.8. The summed E-state index contributed by atoms with van der Waals surface area (Å²) in [5.74, 6) is -0.132. The number of fused-ring (bicyclic) bond motifs is 1. The maximum absolute atomic E-state index is 12.1. The highest BCUT2D eigenvalue weighted by atomic mass is 79.9. The number of hydrogen-bond donors (Lipinski definition) is 0. The van der Waals surface area contributed by atoms with Crippen molar-refractivity contribution < 1.29 is 14.3 Å². The van der Waals surface area contributed by atoms with Crippen molar-refractivity contribution in [3.63, 3.8) is 0 Å². The highest BCUT2D eigenvalue weighted by Crippen LogP contribution is 2.31. The minimum Gasteiger partial charge on any atom is -0.494 e. The average molecular weight is 409 g/mol. The molecule has 0 bridgehead atoms. The summed E-state index contributed by atoms with van der Waals surface area (Å²) in [6, 6.07) is 12.5. The number of nitrogens with zero attached hydrogens (tertiary/aromatic N) is 1. The third-order valence-electron chi connectivity index (χ3n) is 3.79. The molecule has 0 saturated carbocycles. The average Bonchev–Trinajstić information content (AvgIpc) is 2.81. The molecule has 6 heteroatoms. The number of carbonyl (C=O) groups excluding carboxylic acids is 2. The number of rotatable bonds is 6. The van der Waals surface area contributed by atoms with Crippen molar-refractivity contribution in [2.45, 2.75) is 12.8 Å². The first-order chi connectivity index (χ1) is 11.6. The standard InChI is InChI=1S/C18H15BrClNO3/c19-12-3-8-16-15(11-12)17(22)18(23)21(16)9-1-2-10-24-14-6-4-13(20)5-7-14/h3-8,11H,1-2,9-10H2. The molecule has 4 nitrogen and oxygen atoms in total. The van der Waals surface area contributed by atoms with Crippen LogP contribution in [0.3, 0.4) is 0 Å². The molecule has 0 saturated heterocycles. The van der Waals surface area contributed by atoms with Crippen LogP contribution in [0.15, 0.2) is 46.9 Å². The topological polar surface area (TPSA) is 46.6 Å². The van der Waals surface area contributed by atoms with Crippen molar-refractivity contribution in [2.75, 3.05) is 18.1 Å². The van der Waals surface area contributed by atoms with E-state index in [2.05, 4.69) is 15.9 Å². The molecule has 0 fully saturated rings. The maximum atomic E-state index is 12.1. The Bertz CT molecular complexity index is 776. The van der Waals surface area contributed by atoms with Gasteiger partial charge in [0.2, 0.25) is 0 Å². The quantitative estimate of drug-likeness (QED) is 0.522. The molecule has 1 aliphatic heterocycles. The third-order valence-corrected chi connectivity index (χ3v) is 4.54. The van der Waals surface area contributed by atoms with E-state index in [-0.39, 0.29) is 0 Å². The van der Waals surface area contributed by atoms with Gasteiger partial charge in [0, 0.05) is 16.0 Å². The molecular weight excluding hydrogens is 394 g/mol. The molecule has 124 valence electrons. The molecule has 0 radical (unpaired) electrons. The van der Waals surface area contributed by atoms with Crippen LogP contribution in [0.5, 0.6) is 5.75 Å². The number of anilines is 1. The fourth-order valence-corrected chi connectivity index (χ4v) is 3.07. The minimum atomic E-state index is -0.457. The minimum absolute atomic E-state index is 0.441. The monoisotopic (exact) mass is 407 g/mol. The molecule has 1 aliphatic rings. The molecule has 3 rings (SSSR count). The molecule has 0 aliphatic carbocycles. The molecule has 2 aromatic carbocycles. The van der Waals surface area contributed by atoms with Crippen LogP contribution in [0.1, 0.15) is 23.2 Å². The number of benzene rings is 2. The highest BCUT2D eigenvalue weighted by Gasteiger charge is 2.35. The van der Waals surface area contributed by atoms with Crippen LogP contribution in [0.2, 0.25) is 5.02 Å². The number of ketones is 1. The van der Waals surface area contributed by atoms with E-state index < -0.39 is 11.7 Å². The predicted molar refractivity (Wildman–Crippen MR) is 97.0 cm³/mol. The number of amides is 1. The highest BCUT2D eigenvalue weighted by molar-refractivity contribution is 9.10. The van der Waals surface area contributed by atoms with Gasteiger partial charge in [0.1, 0.15) is 5.75 Å². The van der Waals surface area contributed by atoms with E-state index in [1.807, 2.05) is 18.2 Å². The van der Waals surface area contributed by atoms with E-state index in [0.717, 1.165) is 23.1 Å². The first-order valence-electron chi connectivity index (χ1n) is 7.60. The zero-order valence-corrected chi connectivity index (χ0v) is 15.1. The van der Waals surface area contributed by atoms with Crippen LogP contribution < -0.4 is 9.64 Å². The Balaban J connectivity index is 1.51. The maximum Gasteiger partial charge on any atom is 0.299 e. The Morgan fingerprint density at radius 2 is 1.79 bits per heavy atom. The van der Waals surface area contributed by atoms with Gasteiger partial charge in [-0.15, -0.1) is 0 Å². The summed E-state index contributed by atoms with van der Waals surface area (Å²) in [6.07, 6.45) is 1.54. The second-order valence-corrected chi connectivity index (χ2v) is 6.81. The molecular formula is C18H15BrClNO3. The molecule has 24 heavy (non-hydrogen) atoms. The lowest BCUT2D eigenvalue weighted by Gasteiger charge is -2.16. The molecule has 0 spiro atoms. The predicted octanol–water partition coefficient (Wildman–Crippen LogP) is 4.49. The second kappa shape index (κ2) is 7.36. The fourth-order valence-electron chi connectivity index (χ4n) is 2.59.